The lowest BCUT2D eigenvalue weighted by molar-refractivity contribution is -0.120. The first-order valence-corrected chi connectivity index (χ1v) is 8.72. The van der Waals surface area contributed by atoms with Crippen molar-refractivity contribution >= 4 is 28.9 Å². The van der Waals surface area contributed by atoms with E-state index in [0.717, 1.165) is 36.9 Å². The number of anilines is 2. The van der Waals surface area contributed by atoms with Crippen LogP contribution in [0.25, 0.3) is 0 Å². The number of halogens is 2. The number of hydrogen-bond donors (Lipinski definition) is 1. The van der Waals surface area contributed by atoms with E-state index in [9.17, 15) is 9.18 Å². The lowest BCUT2D eigenvalue weighted by Gasteiger charge is -2.38. The first-order chi connectivity index (χ1) is 12.0. The van der Waals surface area contributed by atoms with Crippen molar-refractivity contribution in [2.75, 3.05) is 36.4 Å². The number of carbonyl (C=O) groups excluding carboxylic acids is 1. The first-order valence-electron chi connectivity index (χ1n) is 8.34. The monoisotopic (exact) mass is 361 g/mol. The minimum absolute atomic E-state index is 0.193. The Bertz CT molecular complexity index is 747. The lowest BCUT2D eigenvalue weighted by Crippen LogP contribution is -2.52. The average Bonchev–Trinajstić information content (AvgIpc) is 2.63. The van der Waals surface area contributed by atoms with Gasteiger partial charge in [-0.25, -0.2) is 4.39 Å². The molecule has 0 saturated carbocycles. The summed E-state index contributed by atoms with van der Waals surface area (Å²) in [5.41, 5.74) is 1.31. The van der Waals surface area contributed by atoms with Crippen LogP contribution in [0.3, 0.4) is 0 Å². The predicted octanol–water partition coefficient (Wildman–Crippen LogP) is 3.63. The molecule has 132 valence electrons. The van der Waals surface area contributed by atoms with Gasteiger partial charge in [-0.15, -0.1) is 0 Å². The molecule has 0 unspecified atom stereocenters. The molecular weight excluding hydrogens is 341 g/mol. The van der Waals surface area contributed by atoms with Gasteiger partial charge in [0.15, 0.2) is 0 Å². The largest absolute Gasteiger partial charge is 0.369 e. The Morgan fingerprint density at radius 3 is 2.52 bits per heavy atom. The molecule has 2 aromatic carbocycles. The molecule has 25 heavy (non-hydrogen) atoms. The molecule has 1 aliphatic heterocycles. The molecule has 0 aliphatic carbocycles. The van der Waals surface area contributed by atoms with Gasteiger partial charge < -0.3 is 10.2 Å². The Morgan fingerprint density at radius 1 is 1.12 bits per heavy atom. The van der Waals surface area contributed by atoms with Gasteiger partial charge in [-0.05, 0) is 37.3 Å². The number of carbonyl (C=O) groups is 1. The van der Waals surface area contributed by atoms with Crippen LogP contribution < -0.4 is 10.2 Å². The van der Waals surface area contributed by atoms with E-state index in [1.165, 1.54) is 6.07 Å². The highest BCUT2D eigenvalue weighted by molar-refractivity contribution is 6.30. The second-order valence-electron chi connectivity index (χ2n) is 6.15. The highest BCUT2D eigenvalue weighted by atomic mass is 35.5. The van der Waals surface area contributed by atoms with E-state index < -0.39 is 5.82 Å². The maximum atomic E-state index is 13.7. The van der Waals surface area contributed by atoms with E-state index in [0.29, 0.717) is 0 Å². The molecule has 1 fully saturated rings. The second kappa shape index (κ2) is 7.85. The third kappa shape index (κ3) is 4.30. The quantitative estimate of drug-likeness (QED) is 0.903. The Balaban J connectivity index is 1.57. The number of benzene rings is 2. The van der Waals surface area contributed by atoms with Gasteiger partial charge in [-0.1, -0.05) is 29.8 Å². The van der Waals surface area contributed by atoms with E-state index in [-0.39, 0.29) is 17.6 Å². The summed E-state index contributed by atoms with van der Waals surface area (Å²) < 4.78 is 13.7. The molecule has 1 amide bonds. The zero-order valence-corrected chi connectivity index (χ0v) is 14.8. The molecule has 6 heteroatoms. The second-order valence-corrected chi connectivity index (χ2v) is 6.58. The van der Waals surface area contributed by atoms with Crippen molar-refractivity contribution in [2.24, 2.45) is 0 Å². The molecule has 1 saturated heterocycles. The number of rotatable bonds is 4. The summed E-state index contributed by atoms with van der Waals surface area (Å²) in [5.74, 6) is -0.616. The van der Waals surface area contributed by atoms with Crippen molar-refractivity contribution < 1.29 is 9.18 Å². The number of piperazine rings is 1. The normalized spacial score (nSPS) is 16.5. The van der Waals surface area contributed by atoms with E-state index in [2.05, 4.69) is 15.1 Å². The molecule has 1 atom stereocenters. The third-order valence-electron chi connectivity index (χ3n) is 4.55. The minimum Gasteiger partial charge on any atom is -0.369 e. The summed E-state index contributed by atoms with van der Waals surface area (Å²) in [6, 6.07) is 13.7. The SMILES string of the molecule is C[C@@H](C(=O)Nc1ccccc1F)N1CCN(c2cccc(Cl)c2)CC1. The fourth-order valence-corrected chi connectivity index (χ4v) is 3.19. The van der Waals surface area contributed by atoms with Crippen molar-refractivity contribution in [1.82, 2.24) is 4.90 Å². The molecule has 0 aromatic heterocycles. The summed E-state index contributed by atoms with van der Waals surface area (Å²) in [5, 5.41) is 3.39. The number of amides is 1. The van der Waals surface area contributed by atoms with E-state index in [1.54, 1.807) is 18.2 Å². The third-order valence-corrected chi connectivity index (χ3v) is 4.78. The number of nitrogens with one attached hydrogen (secondary N) is 1. The van der Waals surface area contributed by atoms with E-state index >= 15 is 0 Å². The average molecular weight is 362 g/mol. The van der Waals surface area contributed by atoms with Crippen LogP contribution in [0, 0.1) is 5.82 Å². The molecule has 0 radical (unpaired) electrons. The minimum atomic E-state index is -0.422. The van der Waals surface area contributed by atoms with Crippen molar-refractivity contribution in [1.29, 1.82) is 0 Å². The Hall–Kier alpha value is -2.11. The van der Waals surface area contributed by atoms with Gasteiger partial charge in [0, 0.05) is 36.9 Å². The van der Waals surface area contributed by atoms with Gasteiger partial charge in [0.1, 0.15) is 5.82 Å². The van der Waals surface area contributed by atoms with Gasteiger partial charge in [0.25, 0.3) is 0 Å². The molecule has 1 N–H and O–H groups in total. The summed E-state index contributed by atoms with van der Waals surface area (Å²) in [6.45, 7) is 5.01. The summed E-state index contributed by atoms with van der Waals surface area (Å²) in [7, 11) is 0. The molecule has 3 rings (SSSR count). The van der Waals surface area contributed by atoms with Crippen LogP contribution in [0.1, 0.15) is 6.92 Å². The van der Waals surface area contributed by atoms with Gasteiger partial charge in [-0.3, -0.25) is 9.69 Å². The summed E-state index contributed by atoms with van der Waals surface area (Å²) >= 11 is 6.05. The zero-order chi connectivity index (χ0) is 17.8. The van der Waals surface area contributed by atoms with E-state index in [4.69, 9.17) is 11.6 Å². The van der Waals surface area contributed by atoms with Crippen LogP contribution in [-0.4, -0.2) is 43.0 Å². The van der Waals surface area contributed by atoms with Crippen molar-refractivity contribution in [3.8, 4) is 0 Å². The maximum absolute atomic E-state index is 13.7. The first kappa shape index (κ1) is 17.7. The highest BCUT2D eigenvalue weighted by Crippen LogP contribution is 2.21. The van der Waals surface area contributed by atoms with Crippen molar-refractivity contribution in [2.45, 2.75) is 13.0 Å². The Kier molecular flexibility index (Phi) is 5.56. The van der Waals surface area contributed by atoms with Crippen molar-refractivity contribution in [3.05, 3.63) is 59.4 Å². The fraction of sp³-hybridized carbons (Fsp3) is 0.316. The molecule has 4 nitrogen and oxygen atoms in total. The van der Waals surface area contributed by atoms with Gasteiger partial charge in [0.2, 0.25) is 5.91 Å². The number of para-hydroxylation sites is 1. The summed E-state index contributed by atoms with van der Waals surface area (Å²) in [4.78, 5) is 16.8. The van der Waals surface area contributed by atoms with Gasteiger partial charge in [-0.2, -0.15) is 0 Å². The Labute approximate surface area is 152 Å². The number of nitrogens with zero attached hydrogens (tertiary/aromatic N) is 2. The standard InChI is InChI=1S/C19H21ClFN3O/c1-14(19(25)22-18-8-3-2-7-17(18)21)23-9-11-24(12-10-23)16-6-4-5-15(20)13-16/h2-8,13-14H,9-12H2,1H3,(H,22,25)/t14-/m0/s1. The maximum Gasteiger partial charge on any atom is 0.241 e. The fourth-order valence-electron chi connectivity index (χ4n) is 3.01. The predicted molar refractivity (Wildman–Crippen MR) is 99.7 cm³/mol. The molecule has 0 bridgehead atoms. The van der Waals surface area contributed by atoms with Crippen molar-refractivity contribution in [3.63, 3.8) is 0 Å². The molecule has 1 heterocycles. The van der Waals surface area contributed by atoms with Gasteiger partial charge >= 0.3 is 0 Å². The molecule has 2 aromatic rings. The van der Waals surface area contributed by atoms with E-state index in [1.807, 2.05) is 31.2 Å². The molecule has 0 spiro atoms. The van der Waals surface area contributed by atoms with Crippen LogP contribution >= 0.6 is 11.6 Å². The van der Waals surface area contributed by atoms with Crippen LogP contribution in [-0.2, 0) is 4.79 Å². The number of hydrogen-bond acceptors (Lipinski definition) is 3. The van der Waals surface area contributed by atoms with Gasteiger partial charge in [0.05, 0.1) is 11.7 Å². The topological polar surface area (TPSA) is 35.6 Å². The zero-order valence-electron chi connectivity index (χ0n) is 14.1. The Morgan fingerprint density at radius 2 is 1.84 bits per heavy atom. The smallest absolute Gasteiger partial charge is 0.241 e. The molecular formula is C19H21ClFN3O. The van der Waals surface area contributed by atoms with Crippen LogP contribution in [0.15, 0.2) is 48.5 Å². The molecule has 1 aliphatic rings. The van der Waals surface area contributed by atoms with Crippen LogP contribution in [0.5, 0.6) is 0 Å². The van der Waals surface area contributed by atoms with Crippen LogP contribution in [0.2, 0.25) is 5.02 Å². The summed E-state index contributed by atoms with van der Waals surface area (Å²) in [6.07, 6.45) is 0. The van der Waals surface area contributed by atoms with Crippen LogP contribution in [0.4, 0.5) is 15.8 Å². The highest BCUT2D eigenvalue weighted by Gasteiger charge is 2.26. The lowest BCUT2D eigenvalue weighted by atomic mass is 10.2.